The Hall–Kier alpha value is -2.29. The molecule has 0 saturated heterocycles. The molecule has 0 unspecified atom stereocenters. The predicted molar refractivity (Wildman–Crippen MR) is 79.5 cm³/mol. The first-order chi connectivity index (χ1) is 9.18. The average molecular weight is 254 g/mol. The van der Waals surface area contributed by atoms with E-state index in [1.165, 1.54) is 0 Å². The molecule has 98 valence electrons. The van der Waals surface area contributed by atoms with Gasteiger partial charge in [-0.3, -0.25) is 4.79 Å². The van der Waals surface area contributed by atoms with Crippen molar-refractivity contribution in [2.75, 3.05) is 23.8 Å². The lowest BCUT2D eigenvalue weighted by Gasteiger charge is -2.18. The maximum absolute atomic E-state index is 12.1. The van der Waals surface area contributed by atoms with Gasteiger partial charge in [-0.1, -0.05) is 36.4 Å². The molecule has 0 fully saturated rings. The zero-order valence-electron chi connectivity index (χ0n) is 11.3. The molecular weight excluding hydrogens is 236 g/mol. The summed E-state index contributed by atoms with van der Waals surface area (Å²) >= 11 is 0. The first-order valence-electron chi connectivity index (χ1n) is 6.29. The second kappa shape index (κ2) is 6.05. The van der Waals surface area contributed by atoms with Gasteiger partial charge in [-0.05, 0) is 30.7 Å². The summed E-state index contributed by atoms with van der Waals surface area (Å²) in [5.74, 6) is 0.0365. The Balaban J connectivity index is 1.97. The number of benzene rings is 2. The van der Waals surface area contributed by atoms with E-state index in [9.17, 15) is 4.79 Å². The minimum Gasteiger partial charge on any atom is -0.376 e. The molecule has 2 rings (SSSR count). The van der Waals surface area contributed by atoms with Gasteiger partial charge >= 0.3 is 0 Å². The lowest BCUT2D eigenvalue weighted by Crippen LogP contribution is -2.32. The number of anilines is 2. The van der Waals surface area contributed by atoms with Crippen LogP contribution in [0, 0.1) is 6.92 Å². The molecule has 0 heterocycles. The van der Waals surface area contributed by atoms with E-state index in [4.69, 9.17) is 0 Å². The van der Waals surface area contributed by atoms with Gasteiger partial charge in [-0.2, -0.15) is 0 Å². The van der Waals surface area contributed by atoms with Crippen LogP contribution in [0.3, 0.4) is 0 Å². The van der Waals surface area contributed by atoms with Gasteiger partial charge < -0.3 is 10.2 Å². The molecule has 0 spiro atoms. The molecule has 0 bridgehead atoms. The molecule has 0 saturated carbocycles. The van der Waals surface area contributed by atoms with Crippen LogP contribution in [0.25, 0.3) is 0 Å². The van der Waals surface area contributed by atoms with Crippen LogP contribution >= 0.6 is 0 Å². The smallest absolute Gasteiger partial charge is 0.246 e. The lowest BCUT2D eigenvalue weighted by atomic mass is 10.2. The van der Waals surface area contributed by atoms with Crippen LogP contribution in [0.1, 0.15) is 5.56 Å². The summed E-state index contributed by atoms with van der Waals surface area (Å²) in [6.45, 7) is 2.31. The molecule has 0 aliphatic carbocycles. The lowest BCUT2D eigenvalue weighted by molar-refractivity contribution is -0.116. The molecule has 3 nitrogen and oxygen atoms in total. The van der Waals surface area contributed by atoms with Crippen molar-refractivity contribution in [1.29, 1.82) is 0 Å². The summed E-state index contributed by atoms with van der Waals surface area (Å²) in [7, 11) is 1.79. The topological polar surface area (TPSA) is 32.3 Å². The first-order valence-corrected chi connectivity index (χ1v) is 6.29. The van der Waals surface area contributed by atoms with Crippen LogP contribution in [0.5, 0.6) is 0 Å². The Morgan fingerprint density at radius 2 is 1.68 bits per heavy atom. The molecule has 1 amide bonds. The molecule has 0 aliphatic heterocycles. The number of carbonyl (C=O) groups excluding carboxylic acids is 1. The fourth-order valence-corrected chi connectivity index (χ4v) is 1.86. The van der Waals surface area contributed by atoms with E-state index in [2.05, 4.69) is 5.32 Å². The van der Waals surface area contributed by atoms with Crippen molar-refractivity contribution < 1.29 is 4.79 Å². The van der Waals surface area contributed by atoms with E-state index in [1.807, 2.05) is 61.5 Å². The highest BCUT2D eigenvalue weighted by molar-refractivity contribution is 5.95. The Kier molecular flexibility index (Phi) is 4.18. The Morgan fingerprint density at radius 3 is 2.37 bits per heavy atom. The van der Waals surface area contributed by atoms with Crippen molar-refractivity contribution in [2.24, 2.45) is 0 Å². The van der Waals surface area contributed by atoms with Gasteiger partial charge in [0.2, 0.25) is 5.91 Å². The van der Waals surface area contributed by atoms with Gasteiger partial charge in [0.1, 0.15) is 0 Å². The van der Waals surface area contributed by atoms with Crippen LogP contribution < -0.4 is 10.2 Å². The van der Waals surface area contributed by atoms with Crippen LogP contribution in [0.2, 0.25) is 0 Å². The highest BCUT2D eigenvalue weighted by Gasteiger charge is 2.10. The van der Waals surface area contributed by atoms with Gasteiger partial charge in [0.05, 0.1) is 6.54 Å². The van der Waals surface area contributed by atoms with Gasteiger partial charge in [-0.15, -0.1) is 0 Å². The third kappa shape index (κ3) is 3.35. The van der Waals surface area contributed by atoms with Crippen LogP contribution in [0.4, 0.5) is 11.4 Å². The van der Waals surface area contributed by atoms with Gasteiger partial charge in [-0.25, -0.2) is 0 Å². The number of aryl methyl sites for hydroxylation is 1. The predicted octanol–water partition coefficient (Wildman–Crippen LogP) is 3.07. The summed E-state index contributed by atoms with van der Waals surface area (Å²) in [5.41, 5.74) is 3.04. The van der Waals surface area contributed by atoms with Crippen molar-refractivity contribution in [3.05, 3.63) is 60.2 Å². The summed E-state index contributed by atoms with van der Waals surface area (Å²) < 4.78 is 0. The van der Waals surface area contributed by atoms with Crippen molar-refractivity contribution in [1.82, 2.24) is 0 Å². The number of nitrogens with one attached hydrogen (secondary N) is 1. The van der Waals surface area contributed by atoms with E-state index in [0.717, 1.165) is 16.9 Å². The summed E-state index contributed by atoms with van der Waals surface area (Å²) in [4.78, 5) is 13.7. The van der Waals surface area contributed by atoms with Crippen LogP contribution in [-0.4, -0.2) is 19.5 Å². The number of likely N-dealkylation sites (N-methyl/N-ethyl adjacent to an activating group) is 1. The number of rotatable bonds is 4. The molecule has 19 heavy (non-hydrogen) atoms. The minimum atomic E-state index is 0.0365. The average Bonchev–Trinajstić information content (AvgIpc) is 2.46. The zero-order valence-corrected chi connectivity index (χ0v) is 11.3. The molecule has 2 aromatic rings. The monoisotopic (exact) mass is 254 g/mol. The molecule has 1 N–H and O–H groups in total. The number of hydrogen-bond donors (Lipinski definition) is 1. The van der Waals surface area contributed by atoms with E-state index in [0.29, 0.717) is 0 Å². The quantitative estimate of drug-likeness (QED) is 0.909. The second-order valence-electron chi connectivity index (χ2n) is 4.46. The molecule has 0 radical (unpaired) electrons. The van der Waals surface area contributed by atoms with E-state index in [1.54, 1.807) is 11.9 Å². The largest absolute Gasteiger partial charge is 0.376 e. The number of amides is 1. The Morgan fingerprint density at radius 1 is 1.05 bits per heavy atom. The fourth-order valence-electron chi connectivity index (χ4n) is 1.86. The maximum atomic E-state index is 12.1. The molecule has 3 heteroatoms. The van der Waals surface area contributed by atoms with Crippen molar-refractivity contribution in [3.63, 3.8) is 0 Å². The van der Waals surface area contributed by atoms with Crippen LogP contribution in [-0.2, 0) is 4.79 Å². The first kappa shape index (κ1) is 13.1. The molecule has 0 atom stereocenters. The number of carbonyl (C=O) groups is 1. The van der Waals surface area contributed by atoms with E-state index in [-0.39, 0.29) is 12.5 Å². The number of para-hydroxylation sites is 2. The fraction of sp³-hybridized carbons (Fsp3) is 0.188. The van der Waals surface area contributed by atoms with Crippen molar-refractivity contribution in [2.45, 2.75) is 6.92 Å². The Bertz CT molecular complexity index is 552. The Labute approximate surface area is 113 Å². The summed E-state index contributed by atoms with van der Waals surface area (Å²) in [5, 5.41) is 3.17. The minimum absolute atomic E-state index is 0.0365. The summed E-state index contributed by atoms with van der Waals surface area (Å²) in [6, 6.07) is 17.6. The highest BCUT2D eigenvalue weighted by atomic mass is 16.2. The highest BCUT2D eigenvalue weighted by Crippen LogP contribution is 2.14. The van der Waals surface area contributed by atoms with E-state index < -0.39 is 0 Å². The van der Waals surface area contributed by atoms with Gasteiger partial charge in [0.25, 0.3) is 0 Å². The number of hydrogen-bond acceptors (Lipinski definition) is 2. The van der Waals surface area contributed by atoms with Gasteiger partial charge in [0, 0.05) is 18.4 Å². The molecule has 2 aromatic carbocycles. The SMILES string of the molecule is Cc1ccccc1NCC(=O)N(C)c1ccccc1. The van der Waals surface area contributed by atoms with Crippen molar-refractivity contribution >= 4 is 17.3 Å². The zero-order chi connectivity index (χ0) is 13.7. The second-order valence-corrected chi connectivity index (χ2v) is 4.46. The molecule has 0 aliphatic rings. The third-order valence-corrected chi connectivity index (χ3v) is 3.09. The van der Waals surface area contributed by atoms with E-state index >= 15 is 0 Å². The normalized spacial score (nSPS) is 10.0. The summed E-state index contributed by atoms with van der Waals surface area (Å²) in [6.07, 6.45) is 0. The molecular formula is C16H18N2O. The standard InChI is InChI=1S/C16H18N2O/c1-13-8-6-7-11-15(13)17-12-16(19)18(2)14-9-4-3-5-10-14/h3-11,17H,12H2,1-2H3. The van der Waals surface area contributed by atoms with Gasteiger partial charge in [0.15, 0.2) is 0 Å². The van der Waals surface area contributed by atoms with Crippen LogP contribution in [0.15, 0.2) is 54.6 Å². The maximum Gasteiger partial charge on any atom is 0.246 e. The third-order valence-electron chi connectivity index (χ3n) is 3.09. The molecule has 0 aromatic heterocycles. The number of nitrogens with zero attached hydrogens (tertiary/aromatic N) is 1. The van der Waals surface area contributed by atoms with Crippen molar-refractivity contribution in [3.8, 4) is 0 Å².